The summed E-state index contributed by atoms with van der Waals surface area (Å²) in [6.07, 6.45) is 3.00. The van der Waals surface area contributed by atoms with Crippen molar-refractivity contribution < 1.29 is 14.3 Å². The lowest BCUT2D eigenvalue weighted by Crippen LogP contribution is -2.43. The molecule has 0 bridgehead atoms. The number of hydrogen-bond donors (Lipinski definition) is 2. The van der Waals surface area contributed by atoms with E-state index in [0.717, 1.165) is 25.8 Å². The van der Waals surface area contributed by atoms with Gasteiger partial charge in [0.15, 0.2) is 0 Å². The number of carbonyl (C=O) groups is 2. The summed E-state index contributed by atoms with van der Waals surface area (Å²) in [5.74, 6) is -0.159. The zero-order chi connectivity index (χ0) is 16.9. The number of rotatable bonds is 3. The Kier molecular flexibility index (Phi) is 5.71. The molecule has 1 aromatic carbocycles. The molecule has 7 heteroatoms. The van der Waals surface area contributed by atoms with Crippen LogP contribution >= 0.6 is 11.6 Å². The van der Waals surface area contributed by atoms with Gasteiger partial charge in [0.2, 0.25) is 5.91 Å². The third kappa shape index (κ3) is 4.06. The molecule has 2 amide bonds. The SMILES string of the molecule is O=C(Nc1ccc(C(=O)N2CCOCC2)c(Cl)c1)C1CCCCN1. The van der Waals surface area contributed by atoms with Crippen molar-refractivity contribution in [3.8, 4) is 0 Å². The van der Waals surface area contributed by atoms with Crippen molar-refractivity contribution >= 4 is 29.1 Å². The van der Waals surface area contributed by atoms with Gasteiger partial charge in [-0.3, -0.25) is 9.59 Å². The maximum Gasteiger partial charge on any atom is 0.255 e. The topological polar surface area (TPSA) is 70.7 Å². The van der Waals surface area contributed by atoms with Crippen LogP contribution in [0.2, 0.25) is 5.02 Å². The Hall–Kier alpha value is -1.63. The lowest BCUT2D eigenvalue weighted by atomic mass is 10.0. The second-order valence-corrected chi connectivity index (χ2v) is 6.50. The van der Waals surface area contributed by atoms with E-state index < -0.39 is 0 Å². The summed E-state index contributed by atoms with van der Waals surface area (Å²) >= 11 is 6.27. The fourth-order valence-electron chi connectivity index (χ4n) is 3.01. The number of amides is 2. The number of benzene rings is 1. The van der Waals surface area contributed by atoms with Gasteiger partial charge in [0.05, 0.1) is 29.8 Å². The van der Waals surface area contributed by atoms with Crippen molar-refractivity contribution in [3.63, 3.8) is 0 Å². The van der Waals surface area contributed by atoms with E-state index >= 15 is 0 Å². The van der Waals surface area contributed by atoms with Crippen LogP contribution < -0.4 is 10.6 Å². The average molecular weight is 352 g/mol. The predicted octanol–water partition coefficient (Wildman–Crippen LogP) is 1.89. The molecule has 0 aliphatic carbocycles. The van der Waals surface area contributed by atoms with Gasteiger partial charge in [0, 0.05) is 18.8 Å². The third-order valence-electron chi connectivity index (χ3n) is 4.39. The number of nitrogens with zero attached hydrogens (tertiary/aromatic N) is 1. The molecule has 0 spiro atoms. The van der Waals surface area contributed by atoms with Gasteiger partial charge >= 0.3 is 0 Å². The van der Waals surface area contributed by atoms with Gasteiger partial charge in [-0.15, -0.1) is 0 Å². The van der Waals surface area contributed by atoms with Gasteiger partial charge in [-0.2, -0.15) is 0 Å². The maximum absolute atomic E-state index is 12.5. The van der Waals surface area contributed by atoms with Gasteiger partial charge in [-0.1, -0.05) is 18.0 Å². The minimum absolute atomic E-state index is 0.0574. The first-order valence-corrected chi connectivity index (χ1v) is 8.74. The van der Waals surface area contributed by atoms with Crippen molar-refractivity contribution in [2.75, 3.05) is 38.2 Å². The summed E-state index contributed by atoms with van der Waals surface area (Å²) in [7, 11) is 0. The summed E-state index contributed by atoms with van der Waals surface area (Å²) in [6.45, 7) is 3.10. The van der Waals surface area contributed by atoms with E-state index in [4.69, 9.17) is 16.3 Å². The largest absolute Gasteiger partial charge is 0.378 e. The lowest BCUT2D eigenvalue weighted by molar-refractivity contribution is -0.118. The van der Waals surface area contributed by atoms with Crippen molar-refractivity contribution in [2.24, 2.45) is 0 Å². The van der Waals surface area contributed by atoms with Crippen molar-refractivity contribution in [1.82, 2.24) is 10.2 Å². The predicted molar refractivity (Wildman–Crippen MR) is 92.4 cm³/mol. The van der Waals surface area contributed by atoms with E-state index in [0.29, 0.717) is 42.6 Å². The number of ether oxygens (including phenoxy) is 1. The molecule has 3 rings (SSSR count). The molecule has 130 valence electrons. The van der Waals surface area contributed by atoms with E-state index in [-0.39, 0.29) is 17.9 Å². The van der Waals surface area contributed by atoms with Crippen LogP contribution in [0.25, 0.3) is 0 Å². The molecule has 2 saturated heterocycles. The number of hydrogen-bond acceptors (Lipinski definition) is 4. The first-order chi connectivity index (χ1) is 11.6. The summed E-state index contributed by atoms with van der Waals surface area (Å²) in [5, 5.41) is 6.42. The third-order valence-corrected chi connectivity index (χ3v) is 4.70. The monoisotopic (exact) mass is 351 g/mol. The molecule has 1 aromatic rings. The molecule has 2 aliphatic heterocycles. The normalized spacial score (nSPS) is 21.4. The van der Waals surface area contributed by atoms with Gasteiger partial charge in [0.1, 0.15) is 0 Å². The van der Waals surface area contributed by atoms with Gasteiger partial charge in [-0.05, 0) is 37.6 Å². The van der Waals surface area contributed by atoms with Crippen LogP contribution in [0.1, 0.15) is 29.6 Å². The van der Waals surface area contributed by atoms with Crippen LogP contribution in [0.15, 0.2) is 18.2 Å². The van der Waals surface area contributed by atoms with Crippen LogP contribution in [0.4, 0.5) is 5.69 Å². The van der Waals surface area contributed by atoms with E-state index in [1.807, 2.05) is 0 Å². The molecule has 2 N–H and O–H groups in total. The fraction of sp³-hybridized carbons (Fsp3) is 0.529. The Morgan fingerprint density at radius 2 is 2.04 bits per heavy atom. The number of piperidine rings is 1. The second kappa shape index (κ2) is 7.96. The Morgan fingerprint density at radius 1 is 1.25 bits per heavy atom. The van der Waals surface area contributed by atoms with Crippen LogP contribution in [0.5, 0.6) is 0 Å². The van der Waals surface area contributed by atoms with Crippen LogP contribution in [0, 0.1) is 0 Å². The number of nitrogens with one attached hydrogen (secondary N) is 2. The molecule has 1 atom stereocenters. The number of carbonyl (C=O) groups excluding carboxylic acids is 2. The minimum atomic E-state index is -0.160. The van der Waals surface area contributed by atoms with Gasteiger partial charge < -0.3 is 20.3 Å². The minimum Gasteiger partial charge on any atom is -0.378 e. The van der Waals surface area contributed by atoms with Crippen LogP contribution in [-0.2, 0) is 9.53 Å². The highest BCUT2D eigenvalue weighted by Gasteiger charge is 2.23. The van der Waals surface area contributed by atoms with Crippen molar-refractivity contribution in [2.45, 2.75) is 25.3 Å². The Balaban J connectivity index is 1.65. The molecule has 24 heavy (non-hydrogen) atoms. The molecule has 6 nitrogen and oxygen atoms in total. The molecule has 1 unspecified atom stereocenters. The molecule has 2 fully saturated rings. The maximum atomic E-state index is 12.5. The number of halogens is 1. The Morgan fingerprint density at radius 3 is 2.71 bits per heavy atom. The molecule has 2 heterocycles. The Labute approximate surface area is 146 Å². The molecular weight excluding hydrogens is 330 g/mol. The van der Waals surface area contributed by atoms with Gasteiger partial charge in [-0.25, -0.2) is 0 Å². The smallest absolute Gasteiger partial charge is 0.255 e. The molecular formula is C17H22ClN3O3. The summed E-state index contributed by atoms with van der Waals surface area (Å²) < 4.78 is 5.26. The molecule has 0 saturated carbocycles. The second-order valence-electron chi connectivity index (χ2n) is 6.09. The summed E-state index contributed by atoms with van der Waals surface area (Å²) in [4.78, 5) is 26.5. The highest BCUT2D eigenvalue weighted by Crippen LogP contribution is 2.23. The van der Waals surface area contributed by atoms with E-state index in [2.05, 4.69) is 10.6 Å². The summed E-state index contributed by atoms with van der Waals surface area (Å²) in [5.41, 5.74) is 1.06. The number of anilines is 1. The molecule has 0 radical (unpaired) electrons. The lowest BCUT2D eigenvalue weighted by Gasteiger charge is -2.27. The first kappa shape index (κ1) is 17.2. The Bertz CT molecular complexity index is 611. The van der Waals surface area contributed by atoms with Crippen molar-refractivity contribution in [3.05, 3.63) is 28.8 Å². The zero-order valence-corrected chi connectivity index (χ0v) is 14.3. The highest BCUT2D eigenvalue weighted by molar-refractivity contribution is 6.34. The van der Waals surface area contributed by atoms with Crippen molar-refractivity contribution in [1.29, 1.82) is 0 Å². The van der Waals surface area contributed by atoms with Crippen LogP contribution in [-0.4, -0.2) is 55.6 Å². The highest BCUT2D eigenvalue weighted by atomic mass is 35.5. The first-order valence-electron chi connectivity index (χ1n) is 8.36. The summed E-state index contributed by atoms with van der Waals surface area (Å²) in [6, 6.07) is 4.87. The fourth-order valence-corrected chi connectivity index (χ4v) is 3.27. The molecule has 2 aliphatic rings. The zero-order valence-electron chi connectivity index (χ0n) is 13.5. The number of morpholine rings is 1. The van der Waals surface area contributed by atoms with E-state index in [1.165, 1.54) is 0 Å². The van der Waals surface area contributed by atoms with Crippen LogP contribution in [0.3, 0.4) is 0 Å². The quantitative estimate of drug-likeness (QED) is 0.872. The standard InChI is InChI=1S/C17H22ClN3O3/c18-14-11-12(20-16(22)15-3-1-2-6-19-15)4-5-13(14)17(23)21-7-9-24-10-8-21/h4-5,11,15,19H,1-3,6-10H2,(H,20,22). The van der Waals surface area contributed by atoms with E-state index in [1.54, 1.807) is 23.1 Å². The molecule has 0 aromatic heterocycles. The van der Waals surface area contributed by atoms with E-state index in [9.17, 15) is 9.59 Å². The average Bonchev–Trinajstić information content (AvgIpc) is 2.63. The van der Waals surface area contributed by atoms with Gasteiger partial charge in [0.25, 0.3) is 5.91 Å².